The largest absolute Gasteiger partial charge is 0.356 e. The summed E-state index contributed by atoms with van der Waals surface area (Å²) in [5.41, 5.74) is 0.291. The molecule has 2 N–H and O–H groups in total. The Bertz CT molecular complexity index is 575. The molecule has 0 bridgehead atoms. The monoisotopic (exact) mass is 380 g/mol. The van der Waals surface area contributed by atoms with Gasteiger partial charge in [-0.2, -0.15) is 11.8 Å². The highest BCUT2D eigenvalue weighted by molar-refractivity contribution is 7.98. The molecule has 1 aromatic rings. The number of nitrogens with zero attached hydrogens (tertiary/aromatic N) is 4. The van der Waals surface area contributed by atoms with Gasteiger partial charge in [-0.05, 0) is 49.5 Å². The van der Waals surface area contributed by atoms with Gasteiger partial charge in [0, 0.05) is 20.1 Å². The van der Waals surface area contributed by atoms with Crippen LogP contribution in [-0.2, 0) is 13.6 Å². The highest BCUT2D eigenvalue weighted by Crippen LogP contribution is 2.38. The number of guanidine groups is 1. The fourth-order valence-electron chi connectivity index (χ4n) is 3.50. The predicted octanol–water partition coefficient (Wildman–Crippen LogP) is 3.13. The molecule has 7 heteroatoms. The number of aromatic nitrogens is 3. The van der Waals surface area contributed by atoms with Crippen molar-refractivity contribution in [2.45, 2.75) is 59.4 Å². The molecule has 0 aromatic carbocycles. The molecular weight excluding hydrogens is 344 g/mol. The second kappa shape index (κ2) is 10.2. The van der Waals surface area contributed by atoms with E-state index >= 15 is 0 Å². The first-order valence-corrected chi connectivity index (χ1v) is 11.2. The molecule has 1 saturated carbocycles. The summed E-state index contributed by atoms with van der Waals surface area (Å²) in [5.74, 6) is 4.67. The number of aliphatic imine (C=N–C) groups is 1. The number of nitrogens with one attached hydrogen (secondary N) is 2. The van der Waals surface area contributed by atoms with Crippen molar-refractivity contribution in [2.24, 2.45) is 23.4 Å². The Kier molecular flexibility index (Phi) is 8.25. The van der Waals surface area contributed by atoms with Gasteiger partial charge in [0.2, 0.25) is 0 Å². The van der Waals surface area contributed by atoms with E-state index in [4.69, 9.17) is 4.99 Å². The lowest BCUT2D eigenvalue weighted by atomic mass is 9.78. The van der Waals surface area contributed by atoms with E-state index in [2.05, 4.69) is 40.9 Å². The normalized spacial score (nSPS) is 16.3. The average Bonchev–Trinajstić information content (AvgIpc) is 3.26. The van der Waals surface area contributed by atoms with Gasteiger partial charge in [0.15, 0.2) is 11.8 Å². The van der Waals surface area contributed by atoms with Crippen molar-refractivity contribution in [1.29, 1.82) is 0 Å². The maximum atomic E-state index is 4.76. The number of aryl methyl sites for hydroxylation is 1. The molecule has 0 amide bonds. The molecule has 0 aliphatic heterocycles. The van der Waals surface area contributed by atoms with Crippen LogP contribution >= 0.6 is 11.8 Å². The van der Waals surface area contributed by atoms with Crippen LogP contribution in [0.1, 0.15) is 57.6 Å². The van der Waals surface area contributed by atoms with Crippen molar-refractivity contribution in [3.63, 3.8) is 0 Å². The fraction of sp³-hybridized carbons (Fsp3) is 0.842. The number of rotatable bonds is 9. The Hall–Kier alpha value is -1.24. The molecule has 0 saturated heterocycles. The smallest absolute Gasteiger partial charge is 0.191 e. The number of hydrogen-bond donors (Lipinski definition) is 2. The molecule has 1 heterocycles. The van der Waals surface area contributed by atoms with E-state index in [1.807, 2.05) is 30.3 Å². The lowest BCUT2D eigenvalue weighted by Gasteiger charge is -2.32. The highest BCUT2D eigenvalue weighted by Gasteiger charge is 2.31. The Labute approximate surface area is 163 Å². The van der Waals surface area contributed by atoms with E-state index in [1.165, 1.54) is 25.7 Å². The van der Waals surface area contributed by atoms with Crippen LogP contribution in [0.4, 0.5) is 0 Å². The van der Waals surface area contributed by atoms with Crippen LogP contribution in [0.5, 0.6) is 0 Å². The minimum Gasteiger partial charge on any atom is -0.356 e. The minimum absolute atomic E-state index is 0.291. The van der Waals surface area contributed by atoms with Crippen LogP contribution in [0.3, 0.4) is 0 Å². The molecule has 1 aliphatic carbocycles. The van der Waals surface area contributed by atoms with Crippen molar-refractivity contribution >= 4 is 17.7 Å². The first-order valence-electron chi connectivity index (χ1n) is 9.80. The molecule has 0 atom stereocenters. The third-order valence-electron chi connectivity index (χ3n) is 5.55. The molecule has 6 nitrogen and oxygen atoms in total. The summed E-state index contributed by atoms with van der Waals surface area (Å²) < 4.78 is 2.00. The van der Waals surface area contributed by atoms with Gasteiger partial charge in [0.1, 0.15) is 12.4 Å². The van der Waals surface area contributed by atoms with Crippen molar-refractivity contribution in [1.82, 2.24) is 25.4 Å². The van der Waals surface area contributed by atoms with Gasteiger partial charge in [0.05, 0.1) is 0 Å². The topological polar surface area (TPSA) is 67.1 Å². The lowest BCUT2D eigenvalue weighted by Crippen LogP contribution is -2.44. The minimum atomic E-state index is 0.291. The standard InChI is InChI=1S/C19H36N6S/c1-15-23-24-17(25(15)4)13-21-18(20-11-8-12-26-5)22-14-19(2,3)16-9-6-7-10-16/h16H,6-14H2,1-5H3,(H2,20,21,22). The summed E-state index contributed by atoms with van der Waals surface area (Å²) in [5, 5.41) is 15.4. The third-order valence-corrected chi connectivity index (χ3v) is 6.25. The van der Waals surface area contributed by atoms with Gasteiger partial charge in [0.25, 0.3) is 0 Å². The van der Waals surface area contributed by atoms with Crippen molar-refractivity contribution in [3.05, 3.63) is 11.6 Å². The predicted molar refractivity (Wildman–Crippen MR) is 112 cm³/mol. The molecule has 0 radical (unpaired) electrons. The van der Waals surface area contributed by atoms with Crippen LogP contribution in [0.2, 0.25) is 0 Å². The summed E-state index contributed by atoms with van der Waals surface area (Å²) >= 11 is 1.88. The zero-order valence-electron chi connectivity index (χ0n) is 17.1. The summed E-state index contributed by atoms with van der Waals surface area (Å²) in [4.78, 5) is 4.76. The van der Waals surface area contributed by atoms with E-state index < -0.39 is 0 Å². The van der Waals surface area contributed by atoms with Gasteiger partial charge < -0.3 is 15.2 Å². The second-order valence-electron chi connectivity index (χ2n) is 7.98. The summed E-state index contributed by atoms with van der Waals surface area (Å²) in [7, 11) is 1.99. The lowest BCUT2D eigenvalue weighted by molar-refractivity contribution is 0.218. The Morgan fingerprint density at radius 3 is 2.62 bits per heavy atom. The molecule has 26 heavy (non-hydrogen) atoms. The van der Waals surface area contributed by atoms with Gasteiger partial charge in [-0.1, -0.05) is 26.7 Å². The van der Waals surface area contributed by atoms with E-state index in [0.717, 1.165) is 48.8 Å². The molecule has 2 rings (SSSR count). The van der Waals surface area contributed by atoms with Crippen molar-refractivity contribution < 1.29 is 0 Å². The van der Waals surface area contributed by atoms with Gasteiger partial charge in [-0.15, -0.1) is 10.2 Å². The first kappa shape index (κ1) is 21.1. The van der Waals surface area contributed by atoms with Gasteiger partial charge in [-0.3, -0.25) is 0 Å². The molecule has 1 aliphatic rings. The molecule has 0 unspecified atom stereocenters. The van der Waals surface area contributed by atoms with Crippen molar-refractivity contribution in [3.8, 4) is 0 Å². The summed E-state index contributed by atoms with van der Waals surface area (Å²) in [6, 6.07) is 0. The number of thioether (sulfide) groups is 1. The molecular formula is C19H36N6S. The summed E-state index contributed by atoms with van der Waals surface area (Å²) in [6.07, 6.45) is 8.77. The quantitative estimate of drug-likeness (QED) is 0.391. The van der Waals surface area contributed by atoms with E-state index in [0.29, 0.717) is 12.0 Å². The maximum absolute atomic E-state index is 4.76. The third kappa shape index (κ3) is 6.18. The van der Waals surface area contributed by atoms with E-state index in [1.54, 1.807) is 0 Å². The first-order chi connectivity index (χ1) is 12.4. The molecule has 1 fully saturated rings. The van der Waals surface area contributed by atoms with Crippen LogP contribution in [0.25, 0.3) is 0 Å². The zero-order valence-corrected chi connectivity index (χ0v) is 18.0. The summed E-state index contributed by atoms with van der Waals surface area (Å²) in [6.45, 7) is 9.15. The Balaban J connectivity index is 1.95. The van der Waals surface area contributed by atoms with Crippen LogP contribution in [-0.4, -0.2) is 45.8 Å². The average molecular weight is 381 g/mol. The SMILES string of the molecule is CSCCCNC(=NCc1nnc(C)n1C)NCC(C)(C)C1CCCC1. The van der Waals surface area contributed by atoms with Gasteiger partial charge >= 0.3 is 0 Å². The van der Waals surface area contributed by atoms with Gasteiger partial charge in [-0.25, -0.2) is 4.99 Å². The maximum Gasteiger partial charge on any atom is 0.191 e. The Morgan fingerprint density at radius 1 is 1.27 bits per heavy atom. The Morgan fingerprint density at radius 2 is 2.00 bits per heavy atom. The van der Waals surface area contributed by atoms with E-state index in [9.17, 15) is 0 Å². The van der Waals surface area contributed by atoms with E-state index in [-0.39, 0.29) is 0 Å². The molecule has 148 valence electrons. The van der Waals surface area contributed by atoms with Crippen LogP contribution in [0, 0.1) is 18.3 Å². The van der Waals surface area contributed by atoms with Crippen LogP contribution in [0.15, 0.2) is 4.99 Å². The second-order valence-corrected chi connectivity index (χ2v) is 8.97. The molecule has 0 spiro atoms. The van der Waals surface area contributed by atoms with Crippen molar-refractivity contribution in [2.75, 3.05) is 25.1 Å². The molecule has 1 aromatic heterocycles. The number of hydrogen-bond acceptors (Lipinski definition) is 4. The van der Waals surface area contributed by atoms with Crippen LogP contribution < -0.4 is 10.6 Å². The zero-order chi connectivity index (χ0) is 19.0. The highest BCUT2D eigenvalue weighted by atomic mass is 32.2. The fourth-order valence-corrected chi connectivity index (χ4v) is 3.93.